The van der Waals surface area contributed by atoms with E-state index in [0.29, 0.717) is 11.5 Å². The lowest BCUT2D eigenvalue weighted by Crippen LogP contribution is -2.38. The van der Waals surface area contributed by atoms with Crippen molar-refractivity contribution >= 4 is 0 Å². The minimum absolute atomic E-state index is 0.443. The molecule has 0 aromatic rings. The van der Waals surface area contributed by atoms with Crippen LogP contribution in [-0.4, -0.2) is 25.7 Å². The van der Waals surface area contributed by atoms with Crippen molar-refractivity contribution in [2.75, 3.05) is 19.6 Å². The van der Waals surface area contributed by atoms with Crippen LogP contribution in [0, 0.1) is 11.3 Å². The Balaban J connectivity index is 3.37. The minimum Gasteiger partial charge on any atom is -0.315 e. The molecule has 15 heavy (non-hydrogen) atoms. The molecule has 1 unspecified atom stereocenters. The molecule has 0 saturated heterocycles. The van der Waals surface area contributed by atoms with Crippen LogP contribution in [0.3, 0.4) is 0 Å². The van der Waals surface area contributed by atoms with Gasteiger partial charge in [-0.2, -0.15) is 0 Å². The molecule has 0 aromatic carbocycles. The third-order valence-corrected chi connectivity index (χ3v) is 2.37. The molecule has 1 atom stereocenters. The van der Waals surface area contributed by atoms with Gasteiger partial charge in [-0.25, -0.2) is 0 Å². The Morgan fingerprint density at radius 2 is 1.60 bits per heavy atom. The molecule has 0 aliphatic carbocycles. The van der Waals surface area contributed by atoms with Gasteiger partial charge in [0.1, 0.15) is 0 Å². The lowest BCUT2D eigenvalue weighted by molar-refractivity contribution is 0.353. The highest BCUT2D eigenvalue weighted by molar-refractivity contribution is 4.68. The Labute approximate surface area is 96.2 Å². The van der Waals surface area contributed by atoms with Gasteiger partial charge >= 0.3 is 0 Å². The second-order valence-corrected chi connectivity index (χ2v) is 6.22. The predicted molar refractivity (Wildman–Crippen MR) is 69.2 cm³/mol. The average molecular weight is 214 g/mol. The lowest BCUT2D eigenvalue weighted by atomic mass is 9.92. The van der Waals surface area contributed by atoms with Crippen LogP contribution < -0.4 is 10.6 Å². The zero-order valence-electron chi connectivity index (χ0n) is 11.5. The van der Waals surface area contributed by atoms with Crippen LogP contribution in [-0.2, 0) is 0 Å². The summed E-state index contributed by atoms with van der Waals surface area (Å²) in [4.78, 5) is 0. The van der Waals surface area contributed by atoms with Crippen LogP contribution in [0.25, 0.3) is 0 Å². The molecule has 0 saturated carbocycles. The first-order chi connectivity index (χ1) is 6.81. The van der Waals surface area contributed by atoms with Gasteiger partial charge in [-0.05, 0) is 37.8 Å². The summed E-state index contributed by atoms with van der Waals surface area (Å²) >= 11 is 0. The SMILES string of the molecule is CC(C)CNCC(C)NCCC(C)(C)C. The van der Waals surface area contributed by atoms with Gasteiger partial charge < -0.3 is 10.6 Å². The van der Waals surface area contributed by atoms with E-state index in [9.17, 15) is 0 Å². The Bertz CT molecular complexity index is 147. The summed E-state index contributed by atoms with van der Waals surface area (Å²) in [6, 6.07) is 0.575. The highest BCUT2D eigenvalue weighted by Gasteiger charge is 2.10. The fourth-order valence-corrected chi connectivity index (χ4v) is 1.35. The molecule has 0 aliphatic heterocycles. The van der Waals surface area contributed by atoms with Gasteiger partial charge in [-0.1, -0.05) is 34.6 Å². The van der Waals surface area contributed by atoms with Crippen molar-refractivity contribution in [2.45, 2.75) is 54.0 Å². The van der Waals surface area contributed by atoms with Gasteiger partial charge in [0.05, 0.1) is 0 Å². The Morgan fingerprint density at radius 3 is 2.07 bits per heavy atom. The van der Waals surface area contributed by atoms with E-state index in [1.165, 1.54) is 6.42 Å². The second-order valence-electron chi connectivity index (χ2n) is 6.22. The molecule has 0 aromatic heterocycles. The van der Waals surface area contributed by atoms with Crippen molar-refractivity contribution in [2.24, 2.45) is 11.3 Å². The van der Waals surface area contributed by atoms with Crippen molar-refractivity contribution in [1.29, 1.82) is 0 Å². The molecule has 0 rings (SSSR count). The fourth-order valence-electron chi connectivity index (χ4n) is 1.35. The summed E-state index contributed by atoms with van der Waals surface area (Å²) in [5, 5.41) is 7.02. The first kappa shape index (κ1) is 14.9. The van der Waals surface area contributed by atoms with Gasteiger partial charge in [0, 0.05) is 12.6 Å². The molecule has 2 heteroatoms. The number of hydrogen-bond donors (Lipinski definition) is 2. The molecular formula is C13H30N2. The first-order valence-corrected chi connectivity index (χ1v) is 6.25. The summed E-state index contributed by atoms with van der Waals surface area (Å²) in [5.41, 5.74) is 0.443. The Hall–Kier alpha value is -0.0800. The first-order valence-electron chi connectivity index (χ1n) is 6.25. The fraction of sp³-hybridized carbons (Fsp3) is 1.00. The summed E-state index contributed by atoms with van der Waals surface area (Å²) in [6.07, 6.45) is 1.24. The monoisotopic (exact) mass is 214 g/mol. The zero-order chi connectivity index (χ0) is 11.9. The molecule has 0 radical (unpaired) electrons. The zero-order valence-corrected chi connectivity index (χ0v) is 11.5. The number of hydrogen-bond acceptors (Lipinski definition) is 2. The summed E-state index contributed by atoms with van der Waals surface area (Å²) in [6.45, 7) is 16.9. The topological polar surface area (TPSA) is 24.1 Å². The molecular weight excluding hydrogens is 184 g/mol. The normalized spacial score (nSPS) is 14.6. The van der Waals surface area contributed by atoms with E-state index in [-0.39, 0.29) is 0 Å². The third-order valence-electron chi connectivity index (χ3n) is 2.37. The van der Waals surface area contributed by atoms with Crippen molar-refractivity contribution in [3.63, 3.8) is 0 Å². The third kappa shape index (κ3) is 11.8. The maximum absolute atomic E-state index is 3.55. The van der Waals surface area contributed by atoms with Crippen molar-refractivity contribution in [1.82, 2.24) is 10.6 Å². The molecule has 0 bridgehead atoms. The molecule has 92 valence electrons. The second kappa shape index (κ2) is 7.24. The van der Waals surface area contributed by atoms with Gasteiger partial charge in [0.25, 0.3) is 0 Å². The number of rotatable bonds is 7. The standard InChI is InChI=1S/C13H30N2/c1-11(2)9-14-10-12(3)15-8-7-13(4,5)6/h11-12,14-15H,7-10H2,1-6H3. The van der Waals surface area contributed by atoms with E-state index in [1.807, 2.05) is 0 Å². The predicted octanol–water partition coefficient (Wildman–Crippen LogP) is 2.65. The van der Waals surface area contributed by atoms with E-state index in [4.69, 9.17) is 0 Å². The Kier molecular flexibility index (Phi) is 7.20. The van der Waals surface area contributed by atoms with Crippen LogP contribution in [0.1, 0.15) is 48.0 Å². The largest absolute Gasteiger partial charge is 0.315 e. The van der Waals surface area contributed by atoms with Crippen molar-refractivity contribution < 1.29 is 0 Å². The smallest absolute Gasteiger partial charge is 0.0164 e. The summed E-state index contributed by atoms with van der Waals surface area (Å²) in [5.74, 6) is 0.742. The number of nitrogens with one attached hydrogen (secondary N) is 2. The van der Waals surface area contributed by atoms with Crippen molar-refractivity contribution in [3.05, 3.63) is 0 Å². The van der Waals surface area contributed by atoms with Gasteiger partial charge in [0.2, 0.25) is 0 Å². The molecule has 2 N–H and O–H groups in total. The van der Waals surface area contributed by atoms with Crippen LogP contribution in [0.2, 0.25) is 0 Å². The Morgan fingerprint density at radius 1 is 1.00 bits per heavy atom. The molecule has 0 aliphatic rings. The van der Waals surface area contributed by atoms with Crippen LogP contribution in [0.5, 0.6) is 0 Å². The highest BCUT2D eigenvalue weighted by atomic mass is 15.0. The van der Waals surface area contributed by atoms with Crippen molar-refractivity contribution in [3.8, 4) is 0 Å². The van der Waals surface area contributed by atoms with E-state index >= 15 is 0 Å². The molecule has 0 spiro atoms. The van der Waals surface area contributed by atoms with Gasteiger partial charge in [-0.3, -0.25) is 0 Å². The van der Waals surface area contributed by atoms with E-state index in [1.54, 1.807) is 0 Å². The lowest BCUT2D eigenvalue weighted by Gasteiger charge is -2.21. The van der Waals surface area contributed by atoms with E-state index < -0.39 is 0 Å². The minimum atomic E-state index is 0.443. The summed E-state index contributed by atoms with van der Waals surface area (Å²) < 4.78 is 0. The van der Waals surface area contributed by atoms with Crippen LogP contribution >= 0.6 is 0 Å². The maximum Gasteiger partial charge on any atom is 0.0164 e. The highest BCUT2D eigenvalue weighted by Crippen LogP contribution is 2.16. The quantitative estimate of drug-likeness (QED) is 0.681. The van der Waals surface area contributed by atoms with Gasteiger partial charge in [-0.15, -0.1) is 0 Å². The average Bonchev–Trinajstić information content (AvgIpc) is 2.00. The molecule has 0 heterocycles. The molecule has 0 fully saturated rings. The molecule has 0 amide bonds. The van der Waals surface area contributed by atoms with Gasteiger partial charge in [0.15, 0.2) is 0 Å². The van der Waals surface area contributed by atoms with Crippen LogP contribution in [0.15, 0.2) is 0 Å². The van der Waals surface area contributed by atoms with E-state index in [0.717, 1.165) is 25.6 Å². The molecule has 2 nitrogen and oxygen atoms in total. The summed E-state index contributed by atoms with van der Waals surface area (Å²) in [7, 11) is 0. The maximum atomic E-state index is 3.55. The van der Waals surface area contributed by atoms with Crippen LogP contribution in [0.4, 0.5) is 0 Å². The van der Waals surface area contributed by atoms with E-state index in [2.05, 4.69) is 52.2 Å².